The fourth-order valence-corrected chi connectivity index (χ4v) is 4.62. The first-order valence-electron chi connectivity index (χ1n) is 12.2. The Labute approximate surface area is 222 Å². The Kier molecular flexibility index (Phi) is 7.46. The Balaban J connectivity index is 1.60. The van der Waals surface area contributed by atoms with Crippen molar-refractivity contribution in [2.75, 3.05) is 32.8 Å². The molecule has 5 rings (SSSR count). The Hall–Kier alpha value is -4.45. The highest BCUT2D eigenvalue weighted by Crippen LogP contribution is 2.39. The van der Waals surface area contributed by atoms with Crippen LogP contribution in [0, 0.1) is 17.6 Å². The summed E-state index contributed by atoms with van der Waals surface area (Å²) in [6, 6.07) is 2.44. The number of methoxy groups -OCH3 is 2. The Morgan fingerprint density at radius 3 is 2.64 bits per heavy atom. The molecule has 1 aromatic carbocycles. The van der Waals surface area contributed by atoms with Crippen molar-refractivity contribution in [2.24, 2.45) is 5.92 Å². The number of carbonyl (C=O) groups is 1. The number of halogens is 2. The maximum atomic E-state index is 15.3. The van der Waals surface area contributed by atoms with Gasteiger partial charge in [0, 0.05) is 42.4 Å². The quantitative estimate of drug-likeness (QED) is 0.301. The van der Waals surface area contributed by atoms with Crippen LogP contribution in [0.5, 0.6) is 11.5 Å². The predicted octanol–water partition coefficient (Wildman–Crippen LogP) is 4.34. The van der Waals surface area contributed by atoms with E-state index in [4.69, 9.17) is 14.2 Å². The smallest absolute Gasteiger partial charge is 0.223 e. The number of nitrogens with zero attached hydrogens (tertiary/aromatic N) is 4. The van der Waals surface area contributed by atoms with E-state index in [9.17, 15) is 4.79 Å². The van der Waals surface area contributed by atoms with Crippen LogP contribution in [0.1, 0.15) is 12.8 Å². The molecule has 12 heteroatoms. The average Bonchev–Trinajstić information content (AvgIpc) is 3.49. The monoisotopic (exact) mass is 536 g/mol. The molecule has 0 amide bonds. The normalized spacial score (nSPS) is 17.1. The summed E-state index contributed by atoms with van der Waals surface area (Å²) in [5.74, 6) is -1.94. The minimum absolute atomic E-state index is 0.00103. The van der Waals surface area contributed by atoms with Gasteiger partial charge in [-0.1, -0.05) is 6.58 Å². The van der Waals surface area contributed by atoms with Gasteiger partial charge in [-0.25, -0.2) is 23.7 Å². The molecule has 1 fully saturated rings. The van der Waals surface area contributed by atoms with E-state index < -0.39 is 17.2 Å². The van der Waals surface area contributed by atoms with Crippen LogP contribution in [0.15, 0.2) is 43.4 Å². The lowest BCUT2D eigenvalue weighted by Crippen LogP contribution is -2.40. The van der Waals surface area contributed by atoms with Crippen LogP contribution < -0.4 is 14.8 Å². The fraction of sp³-hybridized carbons (Fsp3) is 0.296. The maximum Gasteiger partial charge on any atom is 0.223 e. The van der Waals surface area contributed by atoms with Crippen LogP contribution in [0.2, 0.25) is 0 Å². The highest BCUT2D eigenvalue weighted by atomic mass is 19.1. The maximum absolute atomic E-state index is 15.3. The number of benzene rings is 1. The van der Waals surface area contributed by atoms with Crippen molar-refractivity contribution in [2.45, 2.75) is 18.9 Å². The largest absolute Gasteiger partial charge is 0.494 e. The zero-order chi connectivity index (χ0) is 27.5. The molecule has 4 heterocycles. The highest BCUT2D eigenvalue weighted by molar-refractivity contribution is 5.94. The summed E-state index contributed by atoms with van der Waals surface area (Å²) >= 11 is 0. The topological polar surface area (TPSA) is 124 Å². The Morgan fingerprint density at radius 1 is 1.21 bits per heavy atom. The lowest BCUT2D eigenvalue weighted by atomic mass is 9.90. The number of ether oxygens (including phenoxy) is 3. The third-order valence-electron chi connectivity index (χ3n) is 6.67. The molecule has 39 heavy (non-hydrogen) atoms. The standard InChI is InChI=1S/C27H26F2N6O4/c1-4-17(36)7-14-5-6-39-13-19(14)34-27-30-10-15-8-18(33-26(25(15)35-27)16-11-31-32-12-16)22-23(28)20(37-2)9-21(38-3)24(22)29/h4,8-12,14,19H,1,5-7,13H2,2-3H3,(H,31,32)(H,30,34,35)/t14-,19-/m1/s1. The first-order valence-corrected chi connectivity index (χ1v) is 12.2. The van der Waals surface area contributed by atoms with Crippen LogP contribution in [0.25, 0.3) is 33.4 Å². The number of H-pyrrole nitrogens is 1. The molecular weight excluding hydrogens is 510 g/mol. The molecule has 202 valence electrons. The molecule has 1 saturated heterocycles. The SMILES string of the molecule is C=CC(=O)C[C@H]1CCOC[C@H]1Nc1ncc2cc(-c3c(F)c(OC)cc(OC)c3F)nc(-c3cn[nH]c3)c2n1. The number of fused-ring (bicyclic) bond motifs is 1. The third kappa shape index (κ3) is 5.15. The number of allylic oxidation sites excluding steroid dienone is 1. The van der Waals surface area contributed by atoms with Crippen LogP contribution in [0.4, 0.5) is 14.7 Å². The third-order valence-corrected chi connectivity index (χ3v) is 6.67. The van der Waals surface area contributed by atoms with Gasteiger partial charge in [0.1, 0.15) is 11.2 Å². The number of ketones is 1. The van der Waals surface area contributed by atoms with Gasteiger partial charge in [0.05, 0.1) is 44.3 Å². The summed E-state index contributed by atoms with van der Waals surface area (Å²) in [6.45, 7) is 4.51. The number of rotatable bonds is 9. The lowest BCUT2D eigenvalue weighted by Gasteiger charge is -2.31. The van der Waals surface area contributed by atoms with Crippen molar-refractivity contribution < 1.29 is 27.8 Å². The van der Waals surface area contributed by atoms with Gasteiger partial charge in [-0.3, -0.25) is 9.89 Å². The van der Waals surface area contributed by atoms with Gasteiger partial charge >= 0.3 is 0 Å². The molecule has 2 N–H and O–H groups in total. The number of pyridine rings is 1. The molecule has 0 unspecified atom stereocenters. The zero-order valence-corrected chi connectivity index (χ0v) is 21.3. The Morgan fingerprint density at radius 2 is 1.97 bits per heavy atom. The number of hydrogen-bond donors (Lipinski definition) is 2. The number of nitrogens with one attached hydrogen (secondary N) is 2. The number of aromatic amines is 1. The summed E-state index contributed by atoms with van der Waals surface area (Å²) in [6.07, 6.45) is 7.04. The van der Waals surface area contributed by atoms with Crippen molar-refractivity contribution in [3.8, 4) is 34.0 Å². The van der Waals surface area contributed by atoms with Crippen molar-refractivity contribution in [3.05, 3.63) is 55.0 Å². The molecule has 1 aliphatic heterocycles. The molecular formula is C27H26F2N6O4. The summed E-state index contributed by atoms with van der Waals surface area (Å²) in [5.41, 5.74) is 0.912. The van der Waals surface area contributed by atoms with Crippen molar-refractivity contribution >= 4 is 22.6 Å². The number of anilines is 1. The van der Waals surface area contributed by atoms with E-state index in [0.717, 1.165) is 6.07 Å². The summed E-state index contributed by atoms with van der Waals surface area (Å²) in [5, 5.41) is 10.5. The summed E-state index contributed by atoms with van der Waals surface area (Å²) in [7, 11) is 2.56. The highest BCUT2D eigenvalue weighted by Gasteiger charge is 2.28. The number of carbonyl (C=O) groups excluding carboxylic acids is 1. The van der Waals surface area contributed by atoms with Gasteiger partial charge in [0.2, 0.25) is 5.95 Å². The van der Waals surface area contributed by atoms with Crippen LogP contribution in [-0.4, -0.2) is 64.4 Å². The van der Waals surface area contributed by atoms with Crippen LogP contribution in [0.3, 0.4) is 0 Å². The number of hydrogen-bond acceptors (Lipinski definition) is 9. The second kappa shape index (κ2) is 11.1. The van der Waals surface area contributed by atoms with E-state index in [1.807, 2.05) is 0 Å². The minimum Gasteiger partial charge on any atom is -0.494 e. The van der Waals surface area contributed by atoms with E-state index >= 15 is 8.78 Å². The molecule has 0 spiro atoms. The zero-order valence-electron chi connectivity index (χ0n) is 21.3. The van der Waals surface area contributed by atoms with Crippen LogP contribution >= 0.6 is 0 Å². The molecule has 0 saturated carbocycles. The fourth-order valence-electron chi connectivity index (χ4n) is 4.62. The molecule has 2 atom stereocenters. The van der Waals surface area contributed by atoms with Crippen molar-refractivity contribution in [1.82, 2.24) is 25.1 Å². The minimum atomic E-state index is -0.919. The van der Waals surface area contributed by atoms with Gasteiger partial charge in [-0.15, -0.1) is 0 Å². The van der Waals surface area contributed by atoms with Crippen LogP contribution in [-0.2, 0) is 9.53 Å². The van der Waals surface area contributed by atoms with E-state index in [-0.39, 0.29) is 34.9 Å². The summed E-state index contributed by atoms with van der Waals surface area (Å²) in [4.78, 5) is 25.7. The average molecular weight is 537 g/mol. The van der Waals surface area contributed by atoms with Gasteiger partial charge in [-0.05, 0) is 24.5 Å². The molecule has 10 nitrogen and oxygen atoms in total. The molecule has 0 radical (unpaired) electrons. The van der Waals surface area contributed by atoms with E-state index in [1.54, 1.807) is 12.4 Å². The Bertz CT molecular complexity index is 1500. The van der Waals surface area contributed by atoms with Gasteiger partial charge < -0.3 is 19.5 Å². The van der Waals surface area contributed by atoms with E-state index in [1.165, 1.54) is 32.6 Å². The predicted molar refractivity (Wildman–Crippen MR) is 140 cm³/mol. The lowest BCUT2D eigenvalue weighted by molar-refractivity contribution is -0.116. The summed E-state index contributed by atoms with van der Waals surface area (Å²) < 4.78 is 46.4. The molecule has 4 aromatic rings. The van der Waals surface area contributed by atoms with E-state index in [2.05, 4.69) is 37.0 Å². The second-order valence-corrected chi connectivity index (χ2v) is 9.01. The van der Waals surface area contributed by atoms with Crippen molar-refractivity contribution in [1.29, 1.82) is 0 Å². The van der Waals surface area contributed by atoms with Gasteiger partial charge in [0.15, 0.2) is 28.9 Å². The van der Waals surface area contributed by atoms with Crippen molar-refractivity contribution in [3.63, 3.8) is 0 Å². The molecule has 0 aliphatic carbocycles. The number of aromatic nitrogens is 5. The first-order chi connectivity index (χ1) is 18.9. The molecule has 3 aromatic heterocycles. The van der Waals surface area contributed by atoms with Gasteiger partial charge in [0.25, 0.3) is 0 Å². The first kappa shape index (κ1) is 26.2. The second-order valence-electron chi connectivity index (χ2n) is 9.01. The van der Waals surface area contributed by atoms with Gasteiger partial charge in [-0.2, -0.15) is 5.10 Å². The van der Waals surface area contributed by atoms with E-state index in [0.29, 0.717) is 54.2 Å². The molecule has 0 bridgehead atoms. The molecule has 1 aliphatic rings.